The predicted molar refractivity (Wildman–Crippen MR) is 139 cm³/mol. The first kappa shape index (κ1) is 24.1. The van der Waals surface area contributed by atoms with Crippen LogP contribution in [0.5, 0.6) is 0 Å². The zero-order valence-electron chi connectivity index (χ0n) is 19.6. The standard InChI is InChI=1S/C27H26F2N6S/c28-24-8-5-22(17-25(24)29)32-26-9-13-31-27(34-26)33-21-3-6-23(7-4-21)36-35-14-10-19(11-15-35)16-20-2-1-12-30-18-20/h1-9,12-13,17-19H,10-11,14-16H2,(H2,31,32,33,34). The van der Waals surface area contributed by atoms with Gasteiger partial charge in [0.05, 0.1) is 0 Å². The summed E-state index contributed by atoms with van der Waals surface area (Å²) in [4.78, 5) is 14.1. The number of pyridine rings is 1. The lowest BCUT2D eigenvalue weighted by atomic mass is 9.92. The molecule has 6 nitrogen and oxygen atoms in total. The second-order valence-corrected chi connectivity index (χ2v) is 9.87. The van der Waals surface area contributed by atoms with Crippen LogP contribution >= 0.6 is 11.9 Å². The predicted octanol–water partition coefficient (Wildman–Crippen LogP) is 6.60. The lowest BCUT2D eigenvalue weighted by Gasteiger charge is -2.31. The van der Waals surface area contributed by atoms with Gasteiger partial charge >= 0.3 is 0 Å². The van der Waals surface area contributed by atoms with Gasteiger partial charge in [-0.1, -0.05) is 6.07 Å². The third-order valence-corrected chi connectivity index (χ3v) is 7.12. The van der Waals surface area contributed by atoms with Gasteiger partial charge in [0.15, 0.2) is 11.6 Å². The Morgan fingerprint density at radius 3 is 2.44 bits per heavy atom. The Labute approximate surface area is 213 Å². The van der Waals surface area contributed by atoms with Crippen LogP contribution in [0.1, 0.15) is 18.4 Å². The molecule has 1 aliphatic rings. The van der Waals surface area contributed by atoms with Crippen LogP contribution in [-0.4, -0.2) is 32.3 Å². The van der Waals surface area contributed by atoms with Crippen molar-refractivity contribution in [2.24, 2.45) is 5.92 Å². The third kappa shape index (κ3) is 6.56. The van der Waals surface area contributed by atoms with Crippen LogP contribution in [0.4, 0.5) is 31.9 Å². The average molecular weight is 505 g/mol. The maximum absolute atomic E-state index is 13.5. The molecule has 0 aliphatic carbocycles. The molecule has 3 heterocycles. The number of anilines is 4. The van der Waals surface area contributed by atoms with Gasteiger partial charge in [-0.2, -0.15) is 4.98 Å². The fourth-order valence-electron chi connectivity index (χ4n) is 4.14. The van der Waals surface area contributed by atoms with Gasteiger partial charge in [0.2, 0.25) is 5.95 Å². The molecule has 2 N–H and O–H groups in total. The van der Waals surface area contributed by atoms with Crippen LogP contribution < -0.4 is 10.6 Å². The van der Waals surface area contributed by atoms with Gasteiger partial charge < -0.3 is 10.6 Å². The first-order valence-corrected chi connectivity index (χ1v) is 12.6. The van der Waals surface area contributed by atoms with Crippen molar-refractivity contribution >= 4 is 35.1 Å². The quantitative estimate of drug-likeness (QED) is 0.262. The molecule has 2 aromatic carbocycles. The summed E-state index contributed by atoms with van der Waals surface area (Å²) in [5.74, 6) is -0.224. The summed E-state index contributed by atoms with van der Waals surface area (Å²) < 4.78 is 29.0. The molecule has 1 aliphatic heterocycles. The van der Waals surface area contributed by atoms with E-state index < -0.39 is 11.6 Å². The summed E-state index contributed by atoms with van der Waals surface area (Å²) in [5.41, 5.74) is 2.59. The summed E-state index contributed by atoms with van der Waals surface area (Å²) in [6, 6.07) is 17.6. The number of hydrogen-bond acceptors (Lipinski definition) is 7. The smallest absolute Gasteiger partial charge is 0.229 e. The summed E-state index contributed by atoms with van der Waals surface area (Å²) >= 11 is 1.79. The van der Waals surface area contributed by atoms with Crippen molar-refractivity contribution in [1.82, 2.24) is 19.3 Å². The number of halogens is 2. The molecule has 0 bridgehead atoms. The van der Waals surface area contributed by atoms with E-state index in [1.807, 2.05) is 30.6 Å². The molecule has 36 heavy (non-hydrogen) atoms. The van der Waals surface area contributed by atoms with E-state index in [-0.39, 0.29) is 0 Å². The van der Waals surface area contributed by atoms with Gasteiger partial charge in [-0.3, -0.25) is 4.98 Å². The van der Waals surface area contributed by atoms with Crippen LogP contribution in [-0.2, 0) is 6.42 Å². The van der Waals surface area contributed by atoms with Crippen molar-refractivity contribution in [3.05, 3.63) is 96.5 Å². The fraction of sp³-hybridized carbons (Fsp3) is 0.222. The Kier molecular flexibility index (Phi) is 7.68. The van der Waals surface area contributed by atoms with Crippen LogP contribution in [0.2, 0.25) is 0 Å². The second kappa shape index (κ2) is 11.5. The minimum Gasteiger partial charge on any atom is -0.340 e. The van der Waals surface area contributed by atoms with Gasteiger partial charge in [0, 0.05) is 54.0 Å². The van der Waals surface area contributed by atoms with Crippen LogP contribution in [0.25, 0.3) is 0 Å². The molecule has 0 saturated carbocycles. The number of benzene rings is 2. The van der Waals surface area contributed by atoms with Crippen molar-refractivity contribution in [2.45, 2.75) is 24.2 Å². The minimum atomic E-state index is -0.917. The highest BCUT2D eigenvalue weighted by Gasteiger charge is 2.20. The molecular weight excluding hydrogens is 478 g/mol. The second-order valence-electron chi connectivity index (χ2n) is 8.70. The van der Waals surface area contributed by atoms with E-state index in [4.69, 9.17) is 0 Å². The highest BCUT2D eigenvalue weighted by molar-refractivity contribution is 7.97. The maximum Gasteiger partial charge on any atom is 0.229 e. The summed E-state index contributed by atoms with van der Waals surface area (Å²) in [5, 5.41) is 6.15. The molecular formula is C27H26F2N6S. The summed E-state index contributed by atoms with van der Waals surface area (Å²) in [6.07, 6.45) is 8.87. The Bertz CT molecular complexity index is 1280. The van der Waals surface area contributed by atoms with Crippen LogP contribution in [0, 0.1) is 17.6 Å². The molecule has 0 spiro atoms. The highest BCUT2D eigenvalue weighted by Crippen LogP contribution is 2.30. The highest BCUT2D eigenvalue weighted by atomic mass is 32.2. The zero-order chi connectivity index (χ0) is 24.7. The maximum atomic E-state index is 13.5. The molecule has 1 fully saturated rings. The van der Waals surface area contributed by atoms with Crippen molar-refractivity contribution in [3.8, 4) is 0 Å². The van der Waals surface area contributed by atoms with E-state index in [9.17, 15) is 8.78 Å². The Balaban J connectivity index is 1.12. The van der Waals surface area contributed by atoms with E-state index in [2.05, 4.69) is 48.1 Å². The Hall–Kier alpha value is -3.56. The molecule has 9 heteroatoms. The van der Waals surface area contributed by atoms with Crippen LogP contribution in [0.3, 0.4) is 0 Å². The average Bonchev–Trinajstić information content (AvgIpc) is 2.89. The Morgan fingerprint density at radius 1 is 0.889 bits per heavy atom. The number of hydrogen-bond donors (Lipinski definition) is 2. The van der Waals surface area contributed by atoms with Gasteiger partial charge in [-0.15, -0.1) is 0 Å². The normalized spacial score (nSPS) is 14.5. The molecule has 184 valence electrons. The Morgan fingerprint density at radius 2 is 1.69 bits per heavy atom. The molecule has 0 unspecified atom stereocenters. The summed E-state index contributed by atoms with van der Waals surface area (Å²) in [7, 11) is 0. The first-order chi connectivity index (χ1) is 17.6. The summed E-state index contributed by atoms with van der Waals surface area (Å²) in [6.45, 7) is 2.14. The topological polar surface area (TPSA) is 66.0 Å². The monoisotopic (exact) mass is 504 g/mol. The van der Waals surface area contributed by atoms with Gasteiger partial charge in [-0.25, -0.2) is 18.1 Å². The largest absolute Gasteiger partial charge is 0.340 e. The molecule has 2 aromatic heterocycles. The molecule has 0 atom stereocenters. The number of aromatic nitrogens is 3. The number of rotatable bonds is 8. The van der Waals surface area contributed by atoms with Crippen molar-refractivity contribution in [3.63, 3.8) is 0 Å². The molecule has 5 rings (SSSR count). The molecule has 4 aromatic rings. The third-order valence-electron chi connectivity index (χ3n) is 6.01. The molecule has 0 radical (unpaired) electrons. The van der Waals surface area contributed by atoms with E-state index in [1.54, 1.807) is 24.2 Å². The number of piperidine rings is 1. The number of nitrogens with zero attached hydrogens (tertiary/aromatic N) is 4. The van der Waals surface area contributed by atoms with Crippen LogP contribution in [0.15, 0.2) is 84.1 Å². The van der Waals surface area contributed by atoms with E-state index in [0.29, 0.717) is 23.4 Å². The SMILES string of the molecule is Fc1ccc(Nc2ccnc(Nc3ccc(SN4CCC(Cc5cccnc5)CC4)cc3)n2)cc1F. The number of nitrogens with one attached hydrogen (secondary N) is 2. The first-order valence-electron chi connectivity index (χ1n) is 11.8. The van der Waals surface area contributed by atoms with Crippen molar-refractivity contribution < 1.29 is 8.78 Å². The lowest BCUT2D eigenvalue weighted by molar-refractivity contribution is 0.290. The van der Waals surface area contributed by atoms with E-state index >= 15 is 0 Å². The van der Waals surface area contributed by atoms with Gasteiger partial charge in [0.1, 0.15) is 5.82 Å². The van der Waals surface area contributed by atoms with E-state index in [0.717, 1.165) is 37.3 Å². The van der Waals surface area contributed by atoms with E-state index in [1.165, 1.54) is 29.4 Å². The lowest BCUT2D eigenvalue weighted by Crippen LogP contribution is -2.29. The fourth-order valence-corrected chi connectivity index (χ4v) is 5.09. The van der Waals surface area contributed by atoms with Gasteiger partial charge in [0.25, 0.3) is 0 Å². The zero-order valence-corrected chi connectivity index (χ0v) is 20.4. The van der Waals surface area contributed by atoms with Crippen molar-refractivity contribution in [2.75, 3.05) is 23.7 Å². The molecule has 1 saturated heterocycles. The van der Waals surface area contributed by atoms with Gasteiger partial charge in [-0.05, 0) is 91.2 Å². The molecule has 0 amide bonds. The minimum absolute atomic E-state index is 0.402. The van der Waals surface area contributed by atoms with Crippen molar-refractivity contribution in [1.29, 1.82) is 0 Å².